The van der Waals surface area contributed by atoms with Gasteiger partial charge in [-0.2, -0.15) is 0 Å². The van der Waals surface area contributed by atoms with Gasteiger partial charge in [-0.15, -0.1) is 0 Å². The first-order valence-corrected chi connectivity index (χ1v) is 5.27. The maximum Gasteiger partial charge on any atom is 0.250 e. The Balaban J connectivity index is 2.63. The van der Waals surface area contributed by atoms with E-state index in [1.54, 1.807) is 6.07 Å². The summed E-state index contributed by atoms with van der Waals surface area (Å²) in [4.78, 5) is 11.5. The Hall–Kier alpha value is -1.55. The number of rotatable bonds is 4. The molecule has 0 bridgehead atoms. The number of para-hydroxylation sites is 1. The molecule has 0 heterocycles. The fraction of sp³-hybridized carbons (Fsp3) is 0.417. The molecule has 0 aromatic heterocycles. The zero-order chi connectivity index (χ0) is 12.1. The molecule has 0 unspecified atom stereocenters. The summed E-state index contributed by atoms with van der Waals surface area (Å²) in [6.07, 6.45) is 0.0416. The fourth-order valence-electron chi connectivity index (χ4n) is 1.28. The zero-order valence-corrected chi connectivity index (χ0v) is 9.91. The summed E-state index contributed by atoms with van der Waals surface area (Å²) in [6, 6.07) is 5.51. The second kappa shape index (κ2) is 5.51. The molecule has 1 amide bonds. The topological polar surface area (TPSA) is 64.3 Å². The molecule has 1 aromatic rings. The van der Waals surface area contributed by atoms with Gasteiger partial charge in [0, 0.05) is 0 Å². The first kappa shape index (κ1) is 12.5. The second-order valence-electron chi connectivity index (χ2n) is 3.95. The lowest BCUT2D eigenvalue weighted by Crippen LogP contribution is -2.21. The number of benzene rings is 1. The molecule has 0 aliphatic heterocycles. The number of nitrogen functional groups attached to an aromatic ring is 1. The van der Waals surface area contributed by atoms with Gasteiger partial charge >= 0.3 is 0 Å². The molecular formula is C12H18N2O2. The minimum absolute atomic E-state index is 0.0416. The molecule has 16 heavy (non-hydrogen) atoms. The van der Waals surface area contributed by atoms with Gasteiger partial charge in [-0.3, -0.25) is 4.79 Å². The third kappa shape index (κ3) is 3.55. The van der Waals surface area contributed by atoms with Gasteiger partial charge in [0.1, 0.15) is 6.61 Å². The van der Waals surface area contributed by atoms with Crippen LogP contribution in [-0.4, -0.2) is 18.6 Å². The van der Waals surface area contributed by atoms with Gasteiger partial charge in [0.05, 0.1) is 17.5 Å². The molecule has 0 atom stereocenters. The Morgan fingerprint density at radius 1 is 1.50 bits per heavy atom. The molecule has 0 saturated carbocycles. The van der Waals surface area contributed by atoms with Gasteiger partial charge in [-0.25, -0.2) is 0 Å². The van der Waals surface area contributed by atoms with E-state index in [1.165, 1.54) is 0 Å². The summed E-state index contributed by atoms with van der Waals surface area (Å²) < 4.78 is 5.20. The van der Waals surface area contributed by atoms with Crippen LogP contribution in [0.4, 0.5) is 11.4 Å². The third-order valence-corrected chi connectivity index (χ3v) is 2.12. The molecule has 0 radical (unpaired) electrons. The molecule has 0 fully saturated rings. The van der Waals surface area contributed by atoms with Crippen molar-refractivity contribution < 1.29 is 9.53 Å². The Bertz CT molecular complexity index is 355. The zero-order valence-electron chi connectivity index (χ0n) is 9.91. The van der Waals surface area contributed by atoms with Crippen LogP contribution < -0.4 is 11.1 Å². The van der Waals surface area contributed by atoms with Gasteiger partial charge in [0.15, 0.2) is 0 Å². The summed E-state index contributed by atoms with van der Waals surface area (Å²) in [5.41, 5.74) is 7.95. The van der Waals surface area contributed by atoms with Crippen molar-refractivity contribution in [3.8, 4) is 0 Å². The van der Waals surface area contributed by atoms with Crippen molar-refractivity contribution in [2.75, 3.05) is 17.7 Å². The second-order valence-corrected chi connectivity index (χ2v) is 3.95. The van der Waals surface area contributed by atoms with Crippen LogP contribution in [0.15, 0.2) is 18.2 Å². The average Bonchev–Trinajstić information content (AvgIpc) is 2.21. The van der Waals surface area contributed by atoms with E-state index in [4.69, 9.17) is 10.5 Å². The summed E-state index contributed by atoms with van der Waals surface area (Å²) in [5.74, 6) is -0.185. The van der Waals surface area contributed by atoms with Crippen molar-refractivity contribution >= 4 is 17.3 Å². The van der Waals surface area contributed by atoms with Crippen LogP contribution in [0.1, 0.15) is 19.4 Å². The number of aryl methyl sites for hydroxylation is 1. The number of carbonyl (C=O) groups is 1. The molecule has 1 rings (SSSR count). The Labute approximate surface area is 95.8 Å². The highest BCUT2D eigenvalue weighted by molar-refractivity contribution is 5.95. The number of nitrogens with two attached hydrogens (primary N) is 1. The largest absolute Gasteiger partial charge is 0.397 e. The van der Waals surface area contributed by atoms with E-state index in [-0.39, 0.29) is 18.6 Å². The van der Waals surface area contributed by atoms with Gasteiger partial charge < -0.3 is 15.8 Å². The molecule has 4 heteroatoms. The SMILES string of the molecule is Cc1cccc(N)c1NC(=O)COC(C)C. The fourth-order valence-corrected chi connectivity index (χ4v) is 1.28. The maximum absolute atomic E-state index is 11.5. The lowest BCUT2D eigenvalue weighted by molar-refractivity contribution is -0.121. The Morgan fingerprint density at radius 2 is 2.19 bits per heavy atom. The standard InChI is InChI=1S/C12H18N2O2/c1-8(2)16-7-11(15)14-12-9(3)5-4-6-10(12)13/h4-6,8H,7,13H2,1-3H3,(H,14,15). The number of amides is 1. The van der Waals surface area contributed by atoms with Crippen LogP contribution in [0, 0.1) is 6.92 Å². The molecule has 0 aliphatic rings. The summed E-state index contributed by atoms with van der Waals surface area (Å²) >= 11 is 0. The number of carbonyl (C=O) groups excluding carboxylic acids is 1. The number of hydrogen-bond acceptors (Lipinski definition) is 3. The van der Waals surface area contributed by atoms with Crippen molar-refractivity contribution in [3.05, 3.63) is 23.8 Å². The minimum Gasteiger partial charge on any atom is -0.397 e. The number of nitrogens with one attached hydrogen (secondary N) is 1. The molecule has 0 saturated heterocycles. The van der Waals surface area contributed by atoms with Crippen LogP contribution in [0.3, 0.4) is 0 Å². The van der Waals surface area contributed by atoms with Crippen molar-refractivity contribution in [3.63, 3.8) is 0 Å². The van der Waals surface area contributed by atoms with Crippen LogP contribution in [0.25, 0.3) is 0 Å². The summed E-state index contributed by atoms with van der Waals surface area (Å²) in [7, 11) is 0. The Morgan fingerprint density at radius 3 is 2.75 bits per heavy atom. The summed E-state index contributed by atoms with van der Waals surface area (Å²) in [5, 5.41) is 2.74. The van der Waals surface area contributed by atoms with E-state index >= 15 is 0 Å². The predicted octanol–water partition coefficient (Wildman–Crippen LogP) is 1.94. The van der Waals surface area contributed by atoms with E-state index in [0.717, 1.165) is 5.56 Å². The Kier molecular flexibility index (Phi) is 4.31. The van der Waals surface area contributed by atoms with Crippen molar-refractivity contribution in [2.45, 2.75) is 26.9 Å². The molecular weight excluding hydrogens is 204 g/mol. The van der Waals surface area contributed by atoms with E-state index < -0.39 is 0 Å². The molecule has 0 aliphatic carbocycles. The lowest BCUT2D eigenvalue weighted by atomic mass is 10.1. The maximum atomic E-state index is 11.5. The van der Waals surface area contributed by atoms with Crippen molar-refractivity contribution in [1.29, 1.82) is 0 Å². The predicted molar refractivity (Wildman–Crippen MR) is 65.3 cm³/mol. The quantitative estimate of drug-likeness (QED) is 0.765. The van der Waals surface area contributed by atoms with Gasteiger partial charge in [0.25, 0.3) is 0 Å². The first-order chi connectivity index (χ1) is 7.50. The van der Waals surface area contributed by atoms with Crippen LogP contribution in [0.5, 0.6) is 0 Å². The van der Waals surface area contributed by atoms with E-state index in [9.17, 15) is 4.79 Å². The highest BCUT2D eigenvalue weighted by Crippen LogP contribution is 2.22. The molecule has 1 aromatic carbocycles. The molecule has 4 nitrogen and oxygen atoms in total. The van der Waals surface area contributed by atoms with E-state index in [2.05, 4.69) is 5.32 Å². The molecule has 0 spiro atoms. The first-order valence-electron chi connectivity index (χ1n) is 5.27. The smallest absolute Gasteiger partial charge is 0.250 e. The van der Waals surface area contributed by atoms with Gasteiger partial charge in [-0.05, 0) is 32.4 Å². The monoisotopic (exact) mass is 222 g/mol. The van der Waals surface area contributed by atoms with Gasteiger partial charge in [0.2, 0.25) is 5.91 Å². The number of anilines is 2. The van der Waals surface area contributed by atoms with Crippen LogP contribution in [0.2, 0.25) is 0 Å². The van der Waals surface area contributed by atoms with Crippen molar-refractivity contribution in [2.24, 2.45) is 0 Å². The molecule has 88 valence electrons. The van der Waals surface area contributed by atoms with Crippen molar-refractivity contribution in [1.82, 2.24) is 0 Å². The van der Waals surface area contributed by atoms with E-state index in [0.29, 0.717) is 11.4 Å². The van der Waals surface area contributed by atoms with E-state index in [1.807, 2.05) is 32.9 Å². The molecule has 3 N–H and O–H groups in total. The summed E-state index contributed by atoms with van der Waals surface area (Å²) in [6.45, 7) is 5.71. The number of hydrogen-bond donors (Lipinski definition) is 2. The van der Waals surface area contributed by atoms with Gasteiger partial charge in [-0.1, -0.05) is 12.1 Å². The number of ether oxygens (including phenoxy) is 1. The highest BCUT2D eigenvalue weighted by Gasteiger charge is 2.08. The minimum atomic E-state index is -0.185. The van der Waals surface area contributed by atoms with Crippen LogP contribution >= 0.6 is 0 Å². The average molecular weight is 222 g/mol. The lowest BCUT2D eigenvalue weighted by Gasteiger charge is -2.12. The normalized spacial score (nSPS) is 10.5. The third-order valence-electron chi connectivity index (χ3n) is 2.12. The van der Waals surface area contributed by atoms with Crippen LogP contribution in [-0.2, 0) is 9.53 Å². The highest BCUT2D eigenvalue weighted by atomic mass is 16.5.